The van der Waals surface area contributed by atoms with E-state index >= 15 is 0 Å². The first-order chi connectivity index (χ1) is 9.63. The molecule has 0 bridgehead atoms. The summed E-state index contributed by atoms with van der Waals surface area (Å²) in [6.07, 6.45) is -1.46. The summed E-state index contributed by atoms with van der Waals surface area (Å²) in [4.78, 5) is 13.5. The van der Waals surface area contributed by atoms with Crippen LogP contribution in [0.15, 0.2) is 23.3 Å². The molecule has 0 saturated heterocycles. The number of nitrogens with zero attached hydrogens (tertiary/aromatic N) is 3. The zero-order valence-electron chi connectivity index (χ0n) is 11.1. The average molecular weight is 279 g/mol. The number of aliphatic hydroxyl groups excluding tert-OH is 2. The van der Waals surface area contributed by atoms with Crippen LogP contribution < -0.4 is 4.74 Å². The Bertz CT molecular complexity index is 500. The van der Waals surface area contributed by atoms with E-state index in [2.05, 4.69) is 10.0 Å². The molecule has 0 fully saturated rings. The third-order valence-electron chi connectivity index (χ3n) is 2.75. The molecule has 0 spiro atoms. The number of ether oxygens (including phenoxy) is 1. The van der Waals surface area contributed by atoms with E-state index in [1.54, 1.807) is 19.1 Å². The zero-order valence-corrected chi connectivity index (χ0v) is 11.1. The van der Waals surface area contributed by atoms with Crippen molar-refractivity contribution in [1.29, 1.82) is 0 Å². The van der Waals surface area contributed by atoms with Gasteiger partial charge in [-0.15, -0.1) is 0 Å². The number of hydrogen-bond acceptors (Lipinski definition) is 5. The van der Waals surface area contributed by atoms with Crippen LogP contribution in [0.5, 0.6) is 5.75 Å². The summed E-state index contributed by atoms with van der Waals surface area (Å²) >= 11 is 0. The lowest BCUT2D eigenvalue weighted by molar-refractivity contribution is 0.0150. The monoisotopic (exact) mass is 279 g/mol. The van der Waals surface area contributed by atoms with Crippen LogP contribution in [-0.4, -0.2) is 35.8 Å². The van der Waals surface area contributed by atoms with Gasteiger partial charge in [0.1, 0.15) is 11.9 Å². The number of carbonyl (C=O) groups is 1. The van der Waals surface area contributed by atoms with Gasteiger partial charge in [0.15, 0.2) is 6.29 Å². The maximum Gasteiger partial charge on any atom is 0.153 e. The molecule has 2 N–H and O–H groups in total. The third-order valence-corrected chi connectivity index (χ3v) is 2.75. The second-order valence-electron chi connectivity index (χ2n) is 4.10. The van der Waals surface area contributed by atoms with Gasteiger partial charge >= 0.3 is 0 Å². The SMILES string of the molecule is CCOc1ccc(C(O)C(O)CCN=[N+]=[N-])cc1C=O. The van der Waals surface area contributed by atoms with Crippen LogP contribution in [0.2, 0.25) is 0 Å². The molecule has 7 heteroatoms. The molecule has 1 rings (SSSR count). The van der Waals surface area contributed by atoms with Crippen molar-refractivity contribution in [2.75, 3.05) is 13.2 Å². The molecular weight excluding hydrogens is 262 g/mol. The van der Waals surface area contributed by atoms with E-state index in [1.165, 1.54) is 6.07 Å². The van der Waals surface area contributed by atoms with Gasteiger partial charge < -0.3 is 14.9 Å². The normalized spacial score (nSPS) is 13.2. The molecule has 0 aromatic heterocycles. The molecule has 0 radical (unpaired) electrons. The Hall–Kier alpha value is -2.08. The van der Waals surface area contributed by atoms with E-state index in [-0.39, 0.29) is 13.0 Å². The van der Waals surface area contributed by atoms with Gasteiger partial charge in [-0.05, 0) is 36.6 Å². The number of benzene rings is 1. The Labute approximate surface area is 116 Å². The third kappa shape index (κ3) is 4.24. The number of aldehydes is 1. The molecule has 1 aromatic rings. The Morgan fingerprint density at radius 3 is 2.85 bits per heavy atom. The van der Waals surface area contributed by atoms with Crippen LogP contribution in [0.3, 0.4) is 0 Å². The van der Waals surface area contributed by atoms with Crippen molar-refractivity contribution < 1.29 is 19.7 Å². The van der Waals surface area contributed by atoms with Gasteiger partial charge in [-0.25, -0.2) is 0 Å². The van der Waals surface area contributed by atoms with Crippen molar-refractivity contribution in [3.05, 3.63) is 39.8 Å². The average Bonchev–Trinajstić information content (AvgIpc) is 2.47. The molecule has 0 aliphatic rings. The number of carbonyl (C=O) groups excluding carboxylic acids is 1. The predicted octanol–water partition coefficient (Wildman–Crippen LogP) is 1.99. The van der Waals surface area contributed by atoms with Gasteiger partial charge in [-0.3, -0.25) is 4.79 Å². The quantitative estimate of drug-likeness (QED) is 0.327. The van der Waals surface area contributed by atoms with Crippen molar-refractivity contribution >= 4 is 6.29 Å². The van der Waals surface area contributed by atoms with Crippen molar-refractivity contribution in [2.45, 2.75) is 25.6 Å². The summed E-state index contributed by atoms with van der Waals surface area (Å²) in [7, 11) is 0. The number of rotatable bonds is 8. The summed E-state index contributed by atoms with van der Waals surface area (Å²) in [5.74, 6) is 0.432. The van der Waals surface area contributed by atoms with Gasteiger partial charge in [0.25, 0.3) is 0 Å². The van der Waals surface area contributed by atoms with Crippen molar-refractivity contribution in [1.82, 2.24) is 0 Å². The van der Waals surface area contributed by atoms with Crippen molar-refractivity contribution in [2.24, 2.45) is 5.11 Å². The fraction of sp³-hybridized carbons (Fsp3) is 0.462. The second kappa shape index (κ2) is 8.16. The number of hydrogen-bond donors (Lipinski definition) is 2. The lowest BCUT2D eigenvalue weighted by Crippen LogP contribution is -2.19. The van der Waals surface area contributed by atoms with Crippen LogP contribution >= 0.6 is 0 Å². The Morgan fingerprint density at radius 1 is 1.50 bits per heavy atom. The maximum absolute atomic E-state index is 11.0. The smallest absolute Gasteiger partial charge is 0.153 e. The van der Waals surface area contributed by atoms with Gasteiger partial charge in [0.05, 0.1) is 18.3 Å². The minimum atomic E-state index is -1.15. The van der Waals surface area contributed by atoms with E-state index in [4.69, 9.17) is 10.3 Å². The molecule has 7 nitrogen and oxygen atoms in total. The molecule has 0 aliphatic heterocycles. The molecule has 1 aromatic carbocycles. The molecular formula is C13H17N3O4. The summed E-state index contributed by atoms with van der Waals surface area (Å²) < 4.78 is 5.27. The van der Waals surface area contributed by atoms with Gasteiger partial charge in [-0.2, -0.15) is 0 Å². The largest absolute Gasteiger partial charge is 0.493 e. The standard InChI is InChI=1S/C13H17N3O4/c1-2-20-12-4-3-9(7-10(12)8-17)13(19)11(18)5-6-15-16-14/h3-4,7-8,11,13,18-19H,2,5-6H2,1H3. The molecule has 108 valence electrons. The van der Waals surface area contributed by atoms with Crippen LogP contribution in [0.4, 0.5) is 0 Å². The van der Waals surface area contributed by atoms with E-state index < -0.39 is 12.2 Å². The fourth-order valence-corrected chi connectivity index (χ4v) is 1.74. The highest BCUT2D eigenvalue weighted by Gasteiger charge is 2.19. The second-order valence-corrected chi connectivity index (χ2v) is 4.10. The maximum atomic E-state index is 11.0. The first-order valence-electron chi connectivity index (χ1n) is 6.23. The van der Waals surface area contributed by atoms with Crippen molar-refractivity contribution in [3.8, 4) is 5.75 Å². The topological polar surface area (TPSA) is 116 Å². The van der Waals surface area contributed by atoms with E-state index in [0.29, 0.717) is 29.8 Å². The lowest BCUT2D eigenvalue weighted by Gasteiger charge is -2.18. The first-order valence-corrected chi connectivity index (χ1v) is 6.23. The lowest BCUT2D eigenvalue weighted by atomic mass is 10.00. The Kier molecular flexibility index (Phi) is 6.52. The predicted molar refractivity (Wildman–Crippen MR) is 72.6 cm³/mol. The van der Waals surface area contributed by atoms with Crippen LogP contribution in [0.25, 0.3) is 10.4 Å². The van der Waals surface area contributed by atoms with Gasteiger partial charge in [0.2, 0.25) is 0 Å². The fourth-order valence-electron chi connectivity index (χ4n) is 1.74. The molecule has 0 aliphatic carbocycles. The number of azide groups is 1. The van der Waals surface area contributed by atoms with E-state index in [1.807, 2.05) is 0 Å². The highest BCUT2D eigenvalue weighted by atomic mass is 16.5. The van der Waals surface area contributed by atoms with Gasteiger partial charge in [-0.1, -0.05) is 11.2 Å². The van der Waals surface area contributed by atoms with Crippen LogP contribution in [0, 0.1) is 0 Å². The summed E-state index contributed by atoms with van der Waals surface area (Å²) in [6, 6.07) is 4.63. The molecule has 0 amide bonds. The van der Waals surface area contributed by atoms with Gasteiger partial charge in [0, 0.05) is 11.5 Å². The Morgan fingerprint density at radius 2 is 2.25 bits per heavy atom. The van der Waals surface area contributed by atoms with Crippen molar-refractivity contribution in [3.63, 3.8) is 0 Å². The van der Waals surface area contributed by atoms with Crippen LogP contribution in [-0.2, 0) is 0 Å². The summed E-state index contributed by atoms with van der Waals surface area (Å²) in [6.45, 7) is 2.32. The highest BCUT2D eigenvalue weighted by Crippen LogP contribution is 2.25. The minimum absolute atomic E-state index is 0.0896. The minimum Gasteiger partial charge on any atom is -0.493 e. The first kappa shape index (κ1) is 16.0. The molecule has 20 heavy (non-hydrogen) atoms. The molecule has 2 unspecified atom stereocenters. The highest BCUT2D eigenvalue weighted by molar-refractivity contribution is 5.79. The molecule has 2 atom stereocenters. The van der Waals surface area contributed by atoms with E-state index in [0.717, 1.165) is 0 Å². The van der Waals surface area contributed by atoms with Crippen LogP contribution in [0.1, 0.15) is 35.4 Å². The molecule has 0 heterocycles. The zero-order chi connectivity index (χ0) is 15.0. The number of aliphatic hydroxyl groups is 2. The Balaban J connectivity index is 2.84. The molecule has 0 saturated carbocycles. The summed E-state index contributed by atoms with van der Waals surface area (Å²) in [5.41, 5.74) is 8.86. The summed E-state index contributed by atoms with van der Waals surface area (Å²) in [5, 5.41) is 23.1. The van der Waals surface area contributed by atoms with E-state index in [9.17, 15) is 15.0 Å².